The van der Waals surface area contributed by atoms with Crippen molar-refractivity contribution in [2.45, 2.75) is 165 Å². The number of H-pyrrole nitrogens is 2. The second-order valence-corrected chi connectivity index (χ2v) is 26.5. The summed E-state index contributed by atoms with van der Waals surface area (Å²) in [5.41, 5.74) is 14.6. The van der Waals surface area contributed by atoms with Gasteiger partial charge in [0, 0.05) is 59.5 Å². The molecule has 11 rings (SSSR count). The molecule has 0 atom stereocenters. The van der Waals surface area contributed by atoms with Gasteiger partial charge in [-0.05, 0) is 191 Å². The summed E-state index contributed by atoms with van der Waals surface area (Å²) < 4.78 is 54.0. The molecule has 456 valence electrons. The smallest absolute Gasteiger partial charge is 0.398 e. The van der Waals surface area contributed by atoms with Gasteiger partial charge in [0.05, 0.1) is 76.2 Å². The molecule has 0 bridgehead atoms. The van der Waals surface area contributed by atoms with Gasteiger partial charge < -0.3 is 46.3 Å². The molecule has 5 aromatic heterocycles. The van der Waals surface area contributed by atoms with E-state index in [9.17, 15) is 22.8 Å². The Morgan fingerprint density at radius 1 is 0.600 bits per heavy atom. The molecule has 85 heavy (non-hydrogen) atoms. The molecule has 8 N–H and O–H groups in total. The summed E-state index contributed by atoms with van der Waals surface area (Å²) >= 11 is 12.1. The van der Waals surface area contributed by atoms with Crippen LogP contribution in [0.25, 0.3) is 44.4 Å². The molecule has 3 aliphatic heterocycles. The van der Waals surface area contributed by atoms with Crippen LogP contribution < -0.4 is 32.6 Å². The molecule has 8 heterocycles. The molecule has 0 saturated carbocycles. The number of aromatic amines is 2. The van der Waals surface area contributed by atoms with Gasteiger partial charge in [-0.3, -0.25) is 9.59 Å². The van der Waals surface area contributed by atoms with Crippen molar-refractivity contribution in [3.05, 3.63) is 120 Å². The Balaban J connectivity index is 0.000000179. The molecule has 3 aromatic carbocycles. The number of aromatic nitrogens is 8. The summed E-state index contributed by atoms with van der Waals surface area (Å²) in [6, 6.07) is 12.5. The van der Waals surface area contributed by atoms with Gasteiger partial charge in [0.15, 0.2) is 5.15 Å². The van der Waals surface area contributed by atoms with Crippen molar-refractivity contribution in [1.82, 2.24) is 50.5 Å². The second kappa shape index (κ2) is 26.8. The first-order chi connectivity index (χ1) is 39.4. The molecule has 1 saturated heterocycles. The predicted molar refractivity (Wildman–Crippen MR) is 344 cm³/mol. The van der Waals surface area contributed by atoms with E-state index in [0.717, 1.165) is 34.8 Å². The van der Waals surface area contributed by atoms with E-state index < -0.39 is 12.9 Å². The summed E-state index contributed by atoms with van der Waals surface area (Å²) in [7, 11) is -0.441. The third-order valence-corrected chi connectivity index (χ3v) is 15.0. The topological polar surface area (TPSA) is 236 Å². The Labute approximate surface area is 518 Å². The number of nitrogens with two attached hydrogens (primary N) is 1. The zero-order valence-electron chi connectivity index (χ0n) is 51.7. The molecule has 8 aromatic rings. The van der Waals surface area contributed by atoms with Gasteiger partial charge in [0.1, 0.15) is 45.6 Å². The fraction of sp³-hybridized carbons (Fsp3) is 0.443. The molecule has 2 amide bonds. The van der Waals surface area contributed by atoms with Gasteiger partial charge >= 0.3 is 7.12 Å². The summed E-state index contributed by atoms with van der Waals surface area (Å²) in [5, 5.41) is 12.5. The number of halogens is 6. The molecule has 3 aliphatic rings. The number of benzene rings is 3. The Hall–Kier alpha value is -6.24. The molecular weight excluding hydrogens is 1240 g/mol. The Morgan fingerprint density at radius 3 is 1.42 bits per heavy atom. The van der Waals surface area contributed by atoms with Crippen LogP contribution in [0.15, 0.2) is 57.5 Å². The fourth-order valence-corrected chi connectivity index (χ4v) is 9.49. The standard InChI is InChI=1S/C20H22FN5O.C13H19BN2O3.C13H15BrFN3.C9H5BrClFN2.C4H11N.C2H6/c1-10-18(26-20(2,3)4)25-17-14(23-10)6-5-12(21)16(17)15-9-11-13(24-15)7-8-22-19(11)27;1-12(2)13(3,4)19-14(18-12)10-7-8-9(16-10)5-6-15-11(8)17;1-7-12(18-13(2,3)4)17-11-9(16-7)6-5-8(15)10(11)14;1-4-9(11)14-8-6(13-4)3-2-5(12)7(8)10;1-4(2,3)5;1-2/h5-6,9,24H,7-8H2,1-4H3,(H,22,27)(H,25,26);7,16H,5-6H2,1-4H3,(H,15,17);5-6H,1-4H3,(H,17,18);2-3H,1H3;5H2,1-3H3;1-2H3. The molecule has 0 unspecified atom stereocenters. The van der Waals surface area contributed by atoms with Gasteiger partial charge in [-0.25, -0.2) is 43.1 Å². The van der Waals surface area contributed by atoms with Crippen LogP contribution in [0.3, 0.4) is 0 Å². The van der Waals surface area contributed by atoms with Crippen molar-refractivity contribution < 1.29 is 32.1 Å². The molecule has 0 aliphatic carbocycles. The number of amides is 2. The van der Waals surface area contributed by atoms with Gasteiger partial charge in [-0.1, -0.05) is 25.4 Å². The highest BCUT2D eigenvalue weighted by molar-refractivity contribution is 9.11. The van der Waals surface area contributed by atoms with Gasteiger partial charge in [0.2, 0.25) is 0 Å². The van der Waals surface area contributed by atoms with Crippen molar-refractivity contribution in [2.24, 2.45) is 5.73 Å². The van der Waals surface area contributed by atoms with E-state index in [2.05, 4.69) is 93.0 Å². The SMILES string of the molecule is CC.CC(C)(C)N.CC1(C)OB(c2cc3c([nH]2)CCNC3=O)OC1(C)C.Cc1nc2ccc(F)c(-c3cc4c([nH]3)CCNC4=O)c2nc1NC(C)(C)C.Cc1nc2ccc(F)c(Br)c2nc1Cl.Cc1nc2ccc(F)c(Br)c2nc1NC(C)(C)C. The van der Waals surface area contributed by atoms with Crippen LogP contribution in [-0.4, -0.2) is 99.7 Å². The van der Waals surface area contributed by atoms with Crippen LogP contribution >= 0.6 is 43.5 Å². The third-order valence-electron chi connectivity index (χ3n) is 13.1. The fourth-order valence-electron chi connectivity index (χ4n) is 8.51. The highest BCUT2D eigenvalue weighted by Crippen LogP contribution is 2.37. The van der Waals surface area contributed by atoms with Crippen LogP contribution in [0, 0.1) is 38.2 Å². The lowest BCUT2D eigenvalue weighted by atomic mass is 9.85. The van der Waals surface area contributed by atoms with Crippen molar-refractivity contribution in [3.8, 4) is 11.3 Å². The molecule has 1 fully saturated rings. The van der Waals surface area contributed by atoms with E-state index in [1.165, 1.54) is 18.2 Å². The lowest BCUT2D eigenvalue weighted by Gasteiger charge is -2.32. The van der Waals surface area contributed by atoms with Crippen molar-refractivity contribution in [3.63, 3.8) is 0 Å². The zero-order valence-corrected chi connectivity index (χ0v) is 55.6. The molecule has 0 radical (unpaired) electrons. The highest BCUT2D eigenvalue weighted by atomic mass is 79.9. The Morgan fingerprint density at radius 2 is 0.988 bits per heavy atom. The predicted octanol–water partition coefficient (Wildman–Crippen LogP) is 13.5. The van der Waals surface area contributed by atoms with E-state index in [1.54, 1.807) is 31.2 Å². The minimum absolute atomic E-state index is 0. The van der Waals surface area contributed by atoms with Crippen molar-refractivity contribution in [2.75, 3.05) is 23.7 Å². The summed E-state index contributed by atoms with van der Waals surface area (Å²) in [6.45, 7) is 36.9. The van der Waals surface area contributed by atoms with Crippen LogP contribution in [0.4, 0.5) is 24.8 Å². The van der Waals surface area contributed by atoms with Crippen molar-refractivity contribution in [1.29, 1.82) is 0 Å². The number of hydrogen-bond acceptors (Lipinski definition) is 13. The quantitative estimate of drug-likeness (QED) is 0.0813. The minimum Gasteiger partial charge on any atom is -0.398 e. The van der Waals surface area contributed by atoms with E-state index in [0.29, 0.717) is 106 Å². The molecule has 0 spiro atoms. The minimum atomic E-state index is -0.441. The number of anilines is 2. The first-order valence-corrected chi connectivity index (χ1v) is 29.9. The zero-order chi connectivity index (χ0) is 63.5. The maximum Gasteiger partial charge on any atom is 0.512 e. The summed E-state index contributed by atoms with van der Waals surface area (Å²) in [4.78, 5) is 56.7. The second-order valence-electron chi connectivity index (χ2n) is 24.6. The van der Waals surface area contributed by atoms with Gasteiger partial charge in [-0.2, -0.15) is 0 Å². The maximum absolute atomic E-state index is 14.8. The number of aryl methyl sites for hydroxylation is 3. The highest BCUT2D eigenvalue weighted by Gasteiger charge is 2.52. The number of nitrogens with zero attached hydrogens (tertiary/aromatic N) is 6. The first-order valence-electron chi connectivity index (χ1n) is 28.0. The largest absolute Gasteiger partial charge is 0.512 e. The third kappa shape index (κ3) is 17.1. The van der Waals surface area contributed by atoms with Crippen LogP contribution in [0.5, 0.6) is 0 Å². The number of fused-ring (bicyclic) bond motifs is 5. The summed E-state index contributed by atoms with van der Waals surface area (Å²) in [5.74, 6) is 0.0318. The number of hydrogen-bond donors (Lipinski definition) is 7. The van der Waals surface area contributed by atoms with Crippen molar-refractivity contribution >= 4 is 113 Å². The average molecular weight is 1320 g/mol. The van der Waals surface area contributed by atoms with E-state index in [4.69, 9.17) is 26.6 Å². The van der Waals surface area contributed by atoms with Gasteiger partial charge in [-0.15, -0.1) is 0 Å². The lowest BCUT2D eigenvalue weighted by Crippen LogP contribution is -2.41. The number of carbonyl (C=O) groups is 2. The normalized spacial score (nSPS) is 15.0. The van der Waals surface area contributed by atoms with E-state index >= 15 is 0 Å². The Kier molecular flexibility index (Phi) is 21.4. The number of rotatable bonds is 4. The average Bonchev–Trinajstić information content (AvgIpc) is 2.11. The lowest BCUT2D eigenvalue weighted by molar-refractivity contribution is 0.00578. The van der Waals surface area contributed by atoms with E-state index in [1.807, 2.05) is 124 Å². The van der Waals surface area contributed by atoms with Gasteiger partial charge in [0.25, 0.3) is 11.8 Å². The van der Waals surface area contributed by atoms with Crippen LogP contribution in [0.1, 0.15) is 153 Å². The van der Waals surface area contributed by atoms with Crippen LogP contribution in [0.2, 0.25) is 5.15 Å². The molecule has 24 heteroatoms. The maximum atomic E-state index is 14.8. The molecular formula is C61H78BBr2ClF3N13O4. The first kappa shape index (κ1) is 67.9. The number of nitrogens with one attached hydrogen (secondary N) is 6. The molecule has 17 nitrogen and oxygen atoms in total. The summed E-state index contributed by atoms with van der Waals surface area (Å²) in [6.07, 6.45) is 1.51. The van der Waals surface area contributed by atoms with E-state index in [-0.39, 0.29) is 51.3 Å². The number of carbonyl (C=O) groups excluding carboxylic acids is 2. The Bertz CT molecular complexity index is 3740. The monoisotopic (exact) mass is 1320 g/mol. The van der Waals surface area contributed by atoms with Crippen LogP contribution in [-0.2, 0) is 22.2 Å².